The van der Waals surface area contributed by atoms with Crippen molar-refractivity contribution in [2.75, 3.05) is 9.80 Å². The number of furan rings is 1. The van der Waals surface area contributed by atoms with Crippen molar-refractivity contribution in [3.8, 4) is 11.5 Å². The standard InChI is InChI=1S/C50H31BN2O2/c1-4-14-35(15-5-1)52(36-16-6-2-7-17-36)38-25-23-33-28-40-41-30-48-42(31-47(41)55-46(40)29-34(33)27-38)51-49-39-20-11-10-13-32(39)24-26-44(49)53(37-18-8-3-9-19-37)43-21-12-22-45(54-48)50(43)51/h1-31H. The van der Waals surface area contributed by atoms with E-state index in [2.05, 4.69) is 198 Å². The minimum absolute atomic E-state index is 0.0442. The molecule has 0 unspecified atom stereocenters. The van der Waals surface area contributed by atoms with Crippen molar-refractivity contribution < 1.29 is 9.15 Å². The third-order valence-electron chi connectivity index (χ3n) is 11.4. The molecule has 55 heavy (non-hydrogen) atoms. The molecule has 9 aromatic carbocycles. The molecule has 12 rings (SSSR count). The van der Waals surface area contributed by atoms with E-state index < -0.39 is 0 Å². The van der Waals surface area contributed by atoms with Crippen molar-refractivity contribution in [3.63, 3.8) is 0 Å². The quantitative estimate of drug-likeness (QED) is 0.171. The SMILES string of the molecule is c1ccc(N(c2ccccc2)c2ccc3cc4c(cc3c2)oc2cc3c(cc24)Oc2cccc4c2B3c2c(ccc3ccccc23)N4c2ccccc2)cc1. The highest BCUT2D eigenvalue weighted by atomic mass is 16.5. The number of fused-ring (bicyclic) bond motifs is 10. The average molecular weight is 703 g/mol. The van der Waals surface area contributed by atoms with Gasteiger partial charge in [-0.3, -0.25) is 0 Å². The molecule has 0 radical (unpaired) electrons. The zero-order chi connectivity index (χ0) is 36.0. The van der Waals surface area contributed by atoms with Gasteiger partial charge >= 0.3 is 0 Å². The van der Waals surface area contributed by atoms with Gasteiger partial charge in [-0.15, -0.1) is 0 Å². The van der Waals surface area contributed by atoms with Crippen LogP contribution in [0.2, 0.25) is 0 Å². The van der Waals surface area contributed by atoms with Gasteiger partial charge in [-0.25, -0.2) is 0 Å². The Morgan fingerprint density at radius 3 is 1.89 bits per heavy atom. The molecular weight excluding hydrogens is 671 g/mol. The van der Waals surface area contributed by atoms with Gasteiger partial charge in [0.05, 0.1) is 0 Å². The van der Waals surface area contributed by atoms with Crippen LogP contribution in [0, 0.1) is 0 Å². The van der Waals surface area contributed by atoms with Gasteiger partial charge < -0.3 is 19.0 Å². The van der Waals surface area contributed by atoms with Crippen molar-refractivity contribution in [1.82, 2.24) is 0 Å². The Hall–Kier alpha value is -7.24. The predicted octanol–water partition coefficient (Wildman–Crippen LogP) is 11.8. The number of ether oxygens (including phenoxy) is 1. The molecule has 256 valence electrons. The van der Waals surface area contributed by atoms with Crippen LogP contribution < -0.4 is 30.9 Å². The Labute approximate surface area is 318 Å². The summed E-state index contributed by atoms with van der Waals surface area (Å²) in [5.74, 6) is 1.76. The Kier molecular flexibility index (Phi) is 6.40. The summed E-state index contributed by atoms with van der Waals surface area (Å²) in [7, 11) is 0. The monoisotopic (exact) mass is 702 g/mol. The molecule has 0 atom stereocenters. The number of rotatable bonds is 4. The van der Waals surface area contributed by atoms with E-state index in [0.717, 1.165) is 78.1 Å². The lowest BCUT2D eigenvalue weighted by Crippen LogP contribution is -2.59. The lowest BCUT2D eigenvalue weighted by molar-refractivity contribution is 0.488. The number of benzene rings is 9. The lowest BCUT2D eigenvalue weighted by Gasteiger charge is -2.40. The average Bonchev–Trinajstić information content (AvgIpc) is 3.58. The van der Waals surface area contributed by atoms with Crippen LogP contribution in [0.1, 0.15) is 0 Å². The maximum atomic E-state index is 6.90. The molecule has 1 aromatic heterocycles. The number of para-hydroxylation sites is 3. The summed E-state index contributed by atoms with van der Waals surface area (Å²) < 4.78 is 13.7. The molecule has 0 amide bonds. The molecule has 0 saturated heterocycles. The molecule has 0 aliphatic carbocycles. The third kappa shape index (κ3) is 4.53. The largest absolute Gasteiger partial charge is 0.458 e. The van der Waals surface area contributed by atoms with E-state index in [1.54, 1.807) is 0 Å². The van der Waals surface area contributed by atoms with Gasteiger partial charge in [-0.05, 0) is 129 Å². The van der Waals surface area contributed by atoms with Gasteiger partial charge in [0, 0.05) is 44.9 Å². The molecule has 4 nitrogen and oxygen atoms in total. The van der Waals surface area contributed by atoms with Gasteiger partial charge in [-0.1, -0.05) is 97.1 Å². The second-order valence-corrected chi connectivity index (χ2v) is 14.5. The fourth-order valence-electron chi connectivity index (χ4n) is 9.05. The fourth-order valence-corrected chi connectivity index (χ4v) is 9.05. The summed E-state index contributed by atoms with van der Waals surface area (Å²) in [6.07, 6.45) is 0. The number of anilines is 6. The van der Waals surface area contributed by atoms with Crippen LogP contribution >= 0.6 is 0 Å². The number of hydrogen-bond donors (Lipinski definition) is 0. The highest BCUT2D eigenvalue weighted by Crippen LogP contribution is 2.44. The minimum atomic E-state index is -0.0442. The third-order valence-corrected chi connectivity index (χ3v) is 11.4. The topological polar surface area (TPSA) is 28.9 Å². The normalized spacial score (nSPS) is 12.8. The van der Waals surface area contributed by atoms with Gasteiger partial charge in [0.25, 0.3) is 6.71 Å². The van der Waals surface area contributed by atoms with Crippen LogP contribution in [0.25, 0.3) is 43.5 Å². The summed E-state index contributed by atoms with van der Waals surface area (Å²) in [5.41, 5.74) is 12.0. The van der Waals surface area contributed by atoms with Gasteiger partial charge in [0.15, 0.2) is 0 Å². The molecule has 2 aliphatic rings. The first-order chi connectivity index (χ1) is 27.3. The van der Waals surface area contributed by atoms with E-state index in [1.807, 2.05) is 0 Å². The Morgan fingerprint density at radius 2 is 1.09 bits per heavy atom. The highest BCUT2D eigenvalue weighted by molar-refractivity contribution is 7.00. The molecular formula is C50H31BN2O2. The van der Waals surface area contributed by atoms with Crippen molar-refractivity contribution >= 4 is 101 Å². The molecule has 10 aromatic rings. The van der Waals surface area contributed by atoms with Crippen LogP contribution in [0.15, 0.2) is 192 Å². The van der Waals surface area contributed by atoms with E-state index in [1.165, 1.54) is 27.4 Å². The van der Waals surface area contributed by atoms with Gasteiger partial charge in [0.2, 0.25) is 0 Å². The summed E-state index contributed by atoms with van der Waals surface area (Å²) in [5, 5.41) is 6.86. The molecule has 0 saturated carbocycles. The van der Waals surface area contributed by atoms with E-state index in [9.17, 15) is 0 Å². The van der Waals surface area contributed by atoms with Gasteiger partial charge in [0.1, 0.15) is 22.7 Å². The van der Waals surface area contributed by atoms with E-state index in [0.29, 0.717) is 0 Å². The summed E-state index contributed by atoms with van der Waals surface area (Å²) in [4.78, 5) is 4.69. The zero-order valence-electron chi connectivity index (χ0n) is 29.7. The van der Waals surface area contributed by atoms with Crippen LogP contribution in [0.5, 0.6) is 11.5 Å². The maximum absolute atomic E-state index is 6.90. The minimum Gasteiger partial charge on any atom is -0.458 e. The zero-order valence-corrected chi connectivity index (χ0v) is 29.7. The van der Waals surface area contributed by atoms with E-state index in [-0.39, 0.29) is 6.71 Å². The van der Waals surface area contributed by atoms with Crippen molar-refractivity contribution in [2.24, 2.45) is 0 Å². The Balaban J connectivity index is 1.05. The maximum Gasteiger partial charge on any atom is 0.257 e. The van der Waals surface area contributed by atoms with Crippen LogP contribution in [-0.2, 0) is 0 Å². The predicted molar refractivity (Wildman–Crippen MR) is 229 cm³/mol. The van der Waals surface area contributed by atoms with Gasteiger partial charge in [-0.2, -0.15) is 0 Å². The molecule has 2 aliphatic heterocycles. The first-order valence-corrected chi connectivity index (χ1v) is 18.8. The Morgan fingerprint density at radius 1 is 0.418 bits per heavy atom. The van der Waals surface area contributed by atoms with E-state index in [4.69, 9.17) is 9.15 Å². The highest BCUT2D eigenvalue weighted by Gasteiger charge is 2.43. The van der Waals surface area contributed by atoms with Crippen molar-refractivity contribution in [1.29, 1.82) is 0 Å². The molecule has 0 fully saturated rings. The first-order valence-electron chi connectivity index (χ1n) is 18.8. The Bertz CT molecular complexity index is 3100. The van der Waals surface area contributed by atoms with Crippen LogP contribution in [-0.4, -0.2) is 6.71 Å². The fraction of sp³-hybridized carbons (Fsp3) is 0. The lowest BCUT2D eigenvalue weighted by atomic mass is 9.33. The van der Waals surface area contributed by atoms with E-state index >= 15 is 0 Å². The van der Waals surface area contributed by atoms with Crippen molar-refractivity contribution in [2.45, 2.75) is 0 Å². The molecule has 0 spiro atoms. The summed E-state index contributed by atoms with van der Waals surface area (Å²) >= 11 is 0. The van der Waals surface area contributed by atoms with Crippen LogP contribution in [0.4, 0.5) is 34.1 Å². The molecule has 0 N–H and O–H groups in total. The van der Waals surface area contributed by atoms with Crippen molar-refractivity contribution in [3.05, 3.63) is 188 Å². The molecule has 0 bridgehead atoms. The number of nitrogens with zero attached hydrogens (tertiary/aromatic N) is 2. The first kappa shape index (κ1) is 30.2. The van der Waals surface area contributed by atoms with Crippen LogP contribution in [0.3, 0.4) is 0 Å². The smallest absolute Gasteiger partial charge is 0.257 e. The summed E-state index contributed by atoms with van der Waals surface area (Å²) in [6.45, 7) is -0.0442. The second-order valence-electron chi connectivity index (χ2n) is 14.5. The number of hydrogen-bond acceptors (Lipinski definition) is 4. The molecule has 5 heteroatoms. The molecule has 3 heterocycles. The summed E-state index contributed by atoms with van der Waals surface area (Å²) in [6, 6.07) is 67.0. The second kappa shape index (κ2) is 11.6.